The Balaban J connectivity index is 0.00000144. The standard InChI is InChI=1S/C8H6O4.Se/c9-7(10)5-3-1-2-4-6(5)8(11)12;/h1-4H,(H,9,10)(H,11,12);. The largest absolute Gasteiger partial charge is 0.478 e. The van der Waals surface area contributed by atoms with Crippen LogP contribution in [0.1, 0.15) is 20.7 Å². The molecule has 0 aliphatic heterocycles. The van der Waals surface area contributed by atoms with Gasteiger partial charge in [-0.05, 0) is 12.1 Å². The van der Waals surface area contributed by atoms with E-state index in [0.717, 1.165) is 0 Å². The second-order valence-corrected chi connectivity index (χ2v) is 2.16. The number of aromatic carboxylic acids is 2. The molecule has 1 aromatic rings. The van der Waals surface area contributed by atoms with Crippen LogP contribution < -0.4 is 0 Å². The van der Waals surface area contributed by atoms with Gasteiger partial charge in [0.2, 0.25) is 0 Å². The molecule has 13 heavy (non-hydrogen) atoms. The van der Waals surface area contributed by atoms with Gasteiger partial charge in [0, 0.05) is 17.1 Å². The zero-order valence-electron chi connectivity index (χ0n) is 6.43. The van der Waals surface area contributed by atoms with E-state index in [4.69, 9.17) is 10.2 Å². The SMILES string of the molecule is O=C(O)c1ccccc1C(=O)O.[Se]. The molecule has 0 saturated heterocycles. The third-order valence-electron chi connectivity index (χ3n) is 1.39. The van der Waals surface area contributed by atoms with Crippen LogP contribution in [0.25, 0.3) is 0 Å². The summed E-state index contributed by atoms with van der Waals surface area (Å²) in [6, 6.07) is 5.48. The Bertz CT molecular complexity index is 302. The first-order valence-corrected chi connectivity index (χ1v) is 3.18. The summed E-state index contributed by atoms with van der Waals surface area (Å²) < 4.78 is 0. The molecule has 0 aliphatic carbocycles. The first-order valence-electron chi connectivity index (χ1n) is 3.18. The molecule has 4 nitrogen and oxygen atoms in total. The van der Waals surface area contributed by atoms with Crippen LogP contribution in [0.2, 0.25) is 0 Å². The number of carboxylic acids is 2. The molecule has 68 valence electrons. The summed E-state index contributed by atoms with van der Waals surface area (Å²) in [5, 5.41) is 17.1. The molecule has 0 unspecified atom stereocenters. The number of carboxylic acid groups (broad SMARTS) is 2. The summed E-state index contributed by atoms with van der Waals surface area (Å²) in [5.41, 5.74) is -0.380. The van der Waals surface area contributed by atoms with E-state index in [-0.39, 0.29) is 28.2 Å². The van der Waals surface area contributed by atoms with Gasteiger partial charge in [-0.2, -0.15) is 0 Å². The fourth-order valence-electron chi connectivity index (χ4n) is 0.856. The Morgan fingerprint density at radius 2 is 1.23 bits per heavy atom. The third kappa shape index (κ3) is 2.57. The second-order valence-electron chi connectivity index (χ2n) is 2.16. The average Bonchev–Trinajstić information content (AvgIpc) is 2.04. The van der Waals surface area contributed by atoms with Gasteiger partial charge in [0.15, 0.2) is 0 Å². The Morgan fingerprint density at radius 1 is 0.923 bits per heavy atom. The minimum Gasteiger partial charge on any atom is -0.478 e. The molecule has 0 fully saturated rings. The van der Waals surface area contributed by atoms with Crippen molar-refractivity contribution in [3.63, 3.8) is 0 Å². The molecule has 0 amide bonds. The monoisotopic (exact) mass is 246 g/mol. The molecule has 0 bridgehead atoms. The Kier molecular flexibility index (Phi) is 4.17. The molecule has 0 atom stereocenters. The zero-order valence-corrected chi connectivity index (χ0v) is 8.14. The van der Waals surface area contributed by atoms with Gasteiger partial charge in [-0.15, -0.1) is 0 Å². The molecule has 0 aliphatic rings. The predicted molar refractivity (Wildman–Crippen MR) is 46.1 cm³/mol. The van der Waals surface area contributed by atoms with Crippen molar-refractivity contribution < 1.29 is 19.8 Å². The quantitative estimate of drug-likeness (QED) is 0.752. The van der Waals surface area contributed by atoms with E-state index in [1.807, 2.05) is 0 Å². The zero-order chi connectivity index (χ0) is 9.14. The molecule has 1 aromatic carbocycles. The Labute approximate surface area is 84.7 Å². The van der Waals surface area contributed by atoms with Gasteiger partial charge in [-0.3, -0.25) is 0 Å². The van der Waals surface area contributed by atoms with Crippen LogP contribution in [0.4, 0.5) is 0 Å². The Morgan fingerprint density at radius 3 is 1.46 bits per heavy atom. The van der Waals surface area contributed by atoms with Crippen molar-refractivity contribution in [2.75, 3.05) is 0 Å². The van der Waals surface area contributed by atoms with Gasteiger partial charge in [-0.1, -0.05) is 12.1 Å². The van der Waals surface area contributed by atoms with Crippen molar-refractivity contribution in [3.8, 4) is 0 Å². The minimum atomic E-state index is -1.23. The van der Waals surface area contributed by atoms with Crippen molar-refractivity contribution >= 4 is 29.0 Å². The fourth-order valence-corrected chi connectivity index (χ4v) is 0.856. The van der Waals surface area contributed by atoms with E-state index in [1.165, 1.54) is 24.3 Å². The number of benzene rings is 1. The number of carbonyl (C=O) groups is 2. The van der Waals surface area contributed by atoms with E-state index in [2.05, 4.69) is 0 Å². The maximum absolute atomic E-state index is 10.5. The van der Waals surface area contributed by atoms with E-state index in [1.54, 1.807) is 0 Å². The molecule has 0 spiro atoms. The summed E-state index contributed by atoms with van der Waals surface area (Å²) >= 11 is 0. The Hall–Kier alpha value is -1.32. The van der Waals surface area contributed by atoms with E-state index in [9.17, 15) is 9.59 Å². The fraction of sp³-hybridized carbons (Fsp3) is 0. The normalized spacial score (nSPS) is 8.62. The van der Waals surface area contributed by atoms with E-state index in [0.29, 0.717) is 0 Å². The summed E-state index contributed by atoms with van der Waals surface area (Å²) in [7, 11) is 0. The van der Waals surface area contributed by atoms with Crippen LogP contribution in [-0.4, -0.2) is 39.2 Å². The maximum atomic E-state index is 10.5. The molecule has 0 aromatic heterocycles. The molecule has 2 N–H and O–H groups in total. The van der Waals surface area contributed by atoms with Crippen molar-refractivity contribution in [2.24, 2.45) is 0 Å². The van der Waals surface area contributed by atoms with Crippen LogP contribution in [0.15, 0.2) is 24.3 Å². The minimum absolute atomic E-state index is 0. The summed E-state index contributed by atoms with van der Waals surface area (Å²) in [6.07, 6.45) is 0. The molecule has 5 heteroatoms. The van der Waals surface area contributed by atoms with Gasteiger partial charge >= 0.3 is 11.9 Å². The van der Waals surface area contributed by atoms with Crippen LogP contribution in [-0.2, 0) is 0 Å². The second kappa shape index (κ2) is 4.64. The van der Waals surface area contributed by atoms with Crippen molar-refractivity contribution in [2.45, 2.75) is 0 Å². The van der Waals surface area contributed by atoms with Gasteiger partial charge in [-0.25, -0.2) is 9.59 Å². The van der Waals surface area contributed by atoms with Gasteiger partial charge in [0.05, 0.1) is 11.1 Å². The molecule has 2 radical (unpaired) electrons. The number of hydrogen-bond donors (Lipinski definition) is 2. The number of hydrogen-bond acceptors (Lipinski definition) is 2. The first-order chi connectivity index (χ1) is 5.63. The van der Waals surface area contributed by atoms with Crippen LogP contribution in [0.5, 0.6) is 0 Å². The molecule has 1 rings (SSSR count). The van der Waals surface area contributed by atoms with Crippen LogP contribution >= 0.6 is 0 Å². The van der Waals surface area contributed by atoms with Gasteiger partial charge in [0.25, 0.3) is 0 Å². The molecule has 0 saturated carbocycles. The smallest absolute Gasteiger partial charge is 0.336 e. The van der Waals surface area contributed by atoms with E-state index >= 15 is 0 Å². The van der Waals surface area contributed by atoms with Gasteiger partial charge in [0.1, 0.15) is 0 Å². The topological polar surface area (TPSA) is 74.6 Å². The van der Waals surface area contributed by atoms with Crippen LogP contribution in [0.3, 0.4) is 0 Å². The summed E-state index contributed by atoms with van der Waals surface area (Å²) in [5.74, 6) is -2.46. The number of rotatable bonds is 2. The van der Waals surface area contributed by atoms with Crippen LogP contribution in [0, 0.1) is 0 Å². The summed E-state index contributed by atoms with van der Waals surface area (Å²) in [4.78, 5) is 20.9. The van der Waals surface area contributed by atoms with E-state index < -0.39 is 11.9 Å². The summed E-state index contributed by atoms with van der Waals surface area (Å²) in [6.45, 7) is 0. The predicted octanol–water partition coefficient (Wildman–Crippen LogP) is 0.702. The first kappa shape index (κ1) is 11.7. The van der Waals surface area contributed by atoms with Crippen molar-refractivity contribution in [1.29, 1.82) is 0 Å². The molecular formula is C8H6O4Se. The average molecular weight is 245 g/mol. The van der Waals surface area contributed by atoms with Gasteiger partial charge < -0.3 is 10.2 Å². The molecular weight excluding hydrogens is 239 g/mol. The molecule has 0 heterocycles. The van der Waals surface area contributed by atoms with Crippen molar-refractivity contribution in [3.05, 3.63) is 35.4 Å². The third-order valence-corrected chi connectivity index (χ3v) is 1.39. The van der Waals surface area contributed by atoms with Crippen molar-refractivity contribution in [1.82, 2.24) is 0 Å². The maximum Gasteiger partial charge on any atom is 0.336 e.